The number of thiazole rings is 1. The number of fused-ring (bicyclic) bond motifs is 1. The van der Waals surface area contributed by atoms with Gasteiger partial charge in [0.2, 0.25) is 0 Å². The number of hydrogen-bond donors (Lipinski definition) is 0. The highest BCUT2D eigenvalue weighted by molar-refractivity contribution is 8.03. The van der Waals surface area contributed by atoms with Gasteiger partial charge in [-0.3, -0.25) is 0 Å². The maximum Gasteiger partial charge on any atom is 0.138 e. The van der Waals surface area contributed by atoms with Crippen molar-refractivity contribution in [2.75, 3.05) is 7.11 Å². The molecule has 0 aliphatic rings. The van der Waals surface area contributed by atoms with Gasteiger partial charge in [0.15, 0.2) is 0 Å². The Bertz CT molecular complexity index is 557. The molecule has 2 rings (SSSR count). The summed E-state index contributed by atoms with van der Waals surface area (Å²) in [7, 11) is 1.61. The second-order valence-electron chi connectivity index (χ2n) is 3.13. The average Bonchev–Trinajstić information content (AvgIpc) is 2.70. The van der Waals surface area contributed by atoms with Crippen molar-refractivity contribution in [3.8, 4) is 11.2 Å². The van der Waals surface area contributed by atoms with Gasteiger partial charge in [0.05, 0.1) is 27.2 Å². The van der Waals surface area contributed by atoms with Crippen molar-refractivity contribution >= 4 is 33.3 Å². The smallest absolute Gasteiger partial charge is 0.138 e. The summed E-state index contributed by atoms with van der Waals surface area (Å²) in [5.41, 5.74) is 0.945. The number of ether oxygens (including phenoxy) is 1. The van der Waals surface area contributed by atoms with Gasteiger partial charge in [0, 0.05) is 6.07 Å². The van der Waals surface area contributed by atoms with Crippen LogP contribution < -0.4 is 4.74 Å². The van der Waals surface area contributed by atoms with E-state index in [0.29, 0.717) is 5.75 Å². The van der Waals surface area contributed by atoms with E-state index in [-0.39, 0.29) is 0 Å². The van der Waals surface area contributed by atoms with Gasteiger partial charge < -0.3 is 4.74 Å². The van der Waals surface area contributed by atoms with E-state index in [0.717, 1.165) is 38.3 Å². The van der Waals surface area contributed by atoms with Gasteiger partial charge in [-0.2, -0.15) is 5.26 Å². The quantitative estimate of drug-likeness (QED) is 0.618. The minimum atomic E-state index is 0.715. The van der Waals surface area contributed by atoms with Crippen LogP contribution in [0.25, 0.3) is 10.2 Å². The van der Waals surface area contributed by atoms with Crippen LogP contribution in [0.3, 0.4) is 0 Å². The zero-order valence-corrected chi connectivity index (χ0v) is 10.6. The van der Waals surface area contributed by atoms with E-state index in [4.69, 9.17) is 10.00 Å². The third-order valence-electron chi connectivity index (χ3n) is 2.18. The number of nitriles is 1. The molecule has 82 valence electrons. The molecule has 0 fully saturated rings. The van der Waals surface area contributed by atoms with Gasteiger partial charge >= 0.3 is 0 Å². The molecular formula is C11H10N2OS2. The third kappa shape index (κ3) is 1.99. The summed E-state index contributed by atoms with van der Waals surface area (Å²) in [5, 5.41) is 11.9. The average molecular weight is 250 g/mol. The first-order valence-electron chi connectivity index (χ1n) is 4.82. The number of aryl methyl sites for hydroxylation is 1. The molecule has 1 heterocycles. The molecule has 3 nitrogen and oxygen atoms in total. The normalized spacial score (nSPS) is 10.3. The fourth-order valence-electron chi connectivity index (χ4n) is 1.42. The molecule has 0 radical (unpaired) electrons. The van der Waals surface area contributed by atoms with Crippen LogP contribution in [0.2, 0.25) is 0 Å². The largest absolute Gasteiger partial charge is 0.495 e. The molecule has 2 aromatic rings. The molecular weight excluding hydrogens is 240 g/mol. The number of aromatic nitrogens is 1. The highest BCUT2D eigenvalue weighted by Gasteiger charge is 2.09. The molecule has 0 saturated heterocycles. The summed E-state index contributed by atoms with van der Waals surface area (Å²) >= 11 is 2.78. The van der Waals surface area contributed by atoms with Gasteiger partial charge in [0.25, 0.3) is 0 Å². The van der Waals surface area contributed by atoms with Crippen molar-refractivity contribution in [3.05, 3.63) is 17.1 Å². The molecule has 1 aromatic heterocycles. The Morgan fingerprint density at radius 2 is 2.38 bits per heavy atom. The van der Waals surface area contributed by atoms with E-state index >= 15 is 0 Å². The first-order valence-corrected chi connectivity index (χ1v) is 6.45. The Hall–Kier alpha value is -1.25. The van der Waals surface area contributed by atoms with Crippen molar-refractivity contribution in [1.82, 2.24) is 4.98 Å². The van der Waals surface area contributed by atoms with Crippen LogP contribution in [0, 0.1) is 10.7 Å². The second kappa shape index (κ2) is 4.73. The van der Waals surface area contributed by atoms with Gasteiger partial charge in [-0.1, -0.05) is 6.92 Å². The highest BCUT2D eigenvalue weighted by atomic mass is 32.2. The maximum absolute atomic E-state index is 8.71. The molecule has 0 amide bonds. The second-order valence-corrected chi connectivity index (χ2v) is 5.07. The first kappa shape index (κ1) is 11.2. The molecule has 0 unspecified atom stereocenters. The Morgan fingerprint density at radius 1 is 1.56 bits per heavy atom. The van der Waals surface area contributed by atoms with Crippen LogP contribution in [0.15, 0.2) is 17.0 Å². The Kier molecular flexibility index (Phi) is 3.32. The summed E-state index contributed by atoms with van der Waals surface area (Å²) in [5.74, 6) is 0.715. The Balaban J connectivity index is 2.59. The molecule has 0 aliphatic carbocycles. The number of thioether (sulfide) groups is 1. The van der Waals surface area contributed by atoms with E-state index < -0.39 is 0 Å². The zero-order chi connectivity index (χ0) is 11.5. The molecule has 16 heavy (non-hydrogen) atoms. The van der Waals surface area contributed by atoms with Crippen molar-refractivity contribution in [1.29, 1.82) is 5.26 Å². The van der Waals surface area contributed by atoms with Crippen molar-refractivity contribution in [3.63, 3.8) is 0 Å². The van der Waals surface area contributed by atoms with Crippen LogP contribution in [-0.4, -0.2) is 12.1 Å². The lowest BCUT2D eigenvalue weighted by molar-refractivity contribution is 0.405. The van der Waals surface area contributed by atoms with Crippen LogP contribution in [-0.2, 0) is 6.42 Å². The van der Waals surface area contributed by atoms with Crippen molar-refractivity contribution in [2.45, 2.75) is 18.2 Å². The maximum atomic E-state index is 8.71. The summed E-state index contributed by atoms with van der Waals surface area (Å²) in [6.07, 6.45) is 0.933. The number of thiocyanates is 1. The number of benzene rings is 1. The predicted molar refractivity (Wildman–Crippen MR) is 67.0 cm³/mol. The number of hydrogen-bond acceptors (Lipinski definition) is 5. The number of methoxy groups -OCH3 is 1. The van der Waals surface area contributed by atoms with E-state index in [1.807, 2.05) is 12.1 Å². The minimum absolute atomic E-state index is 0.715. The summed E-state index contributed by atoms with van der Waals surface area (Å²) in [6.45, 7) is 2.08. The van der Waals surface area contributed by atoms with Crippen LogP contribution >= 0.6 is 23.1 Å². The van der Waals surface area contributed by atoms with Crippen LogP contribution in [0.4, 0.5) is 0 Å². The van der Waals surface area contributed by atoms with Gasteiger partial charge in [-0.05, 0) is 24.2 Å². The topological polar surface area (TPSA) is 45.9 Å². The van der Waals surface area contributed by atoms with Gasteiger partial charge in [-0.25, -0.2) is 4.98 Å². The molecule has 0 N–H and O–H groups in total. The summed E-state index contributed by atoms with van der Waals surface area (Å²) in [6, 6.07) is 3.86. The number of rotatable bonds is 3. The van der Waals surface area contributed by atoms with Crippen molar-refractivity contribution in [2.24, 2.45) is 0 Å². The molecule has 0 aliphatic heterocycles. The van der Waals surface area contributed by atoms with E-state index in [2.05, 4.69) is 17.3 Å². The molecule has 5 heteroatoms. The molecule has 0 saturated carbocycles. The minimum Gasteiger partial charge on any atom is -0.495 e. The third-order valence-corrected chi connectivity index (χ3v) is 3.97. The zero-order valence-electron chi connectivity index (χ0n) is 8.98. The molecule has 0 bridgehead atoms. The van der Waals surface area contributed by atoms with E-state index in [1.165, 1.54) is 0 Å². The summed E-state index contributed by atoms with van der Waals surface area (Å²) < 4.78 is 6.35. The van der Waals surface area contributed by atoms with E-state index in [9.17, 15) is 0 Å². The lowest BCUT2D eigenvalue weighted by atomic mass is 10.3. The summed E-state index contributed by atoms with van der Waals surface area (Å²) in [4.78, 5) is 5.34. The van der Waals surface area contributed by atoms with E-state index in [1.54, 1.807) is 18.4 Å². The lowest BCUT2D eigenvalue weighted by Gasteiger charge is -2.03. The lowest BCUT2D eigenvalue weighted by Crippen LogP contribution is -1.85. The fourth-order valence-corrected chi connectivity index (χ4v) is 2.94. The van der Waals surface area contributed by atoms with Gasteiger partial charge in [0.1, 0.15) is 11.2 Å². The fraction of sp³-hybridized carbons (Fsp3) is 0.273. The van der Waals surface area contributed by atoms with Crippen LogP contribution in [0.5, 0.6) is 5.75 Å². The van der Waals surface area contributed by atoms with Gasteiger partial charge in [-0.15, -0.1) is 11.3 Å². The predicted octanol–water partition coefficient (Wildman–Crippen LogP) is 3.44. The standard InChI is InChI=1S/C11H10N2OS2/c1-3-11-13-7-4-8(14-2)10(15-6-12)5-9(7)16-11/h4-5H,3H2,1-2H3. The van der Waals surface area contributed by atoms with Crippen LogP contribution in [0.1, 0.15) is 11.9 Å². The molecule has 0 atom stereocenters. The Labute approximate surface area is 102 Å². The highest BCUT2D eigenvalue weighted by Crippen LogP contribution is 2.35. The SMILES string of the molecule is CCc1nc2cc(OC)c(SC#N)cc2s1. The first-order chi connectivity index (χ1) is 7.78. The Morgan fingerprint density at radius 3 is 3.00 bits per heavy atom. The molecule has 0 spiro atoms. The monoisotopic (exact) mass is 250 g/mol. The van der Waals surface area contributed by atoms with Crippen molar-refractivity contribution < 1.29 is 4.74 Å². The molecule has 1 aromatic carbocycles. The number of nitrogens with zero attached hydrogens (tertiary/aromatic N) is 2.